The first kappa shape index (κ1) is 10.4. The molecule has 81 valence electrons. The second-order valence-electron chi connectivity index (χ2n) is 4.27. The highest BCUT2D eigenvalue weighted by atomic mass is 16.5. The van der Waals surface area contributed by atoms with Gasteiger partial charge in [0.1, 0.15) is 0 Å². The molecule has 0 saturated carbocycles. The number of hydrogen-bond acceptors (Lipinski definition) is 3. The van der Waals surface area contributed by atoms with Crippen molar-refractivity contribution in [3.63, 3.8) is 0 Å². The van der Waals surface area contributed by atoms with E-state index in [0.29, 0.717) is 0 Å². The van der Waals surface area contributed by atoms with Crippen LogP contribution >= 0.6 is 0 Å². The number of rotatable bonds is 2. The third kappa shape index (κ3) is 2.47. The Kier molecular flexibility index (Phi) is 3.79. The summed E-state index contributed by atoms with van der Waals surface area (Å²) in [5.74, 6) is 0.814. The molecule has 2 aliphatic rings. The lowest BCUT2D eigenvalue weighted by molar-refractivity contribution is 0.0319. The standard InChI is InChI=1S/C11H21N2O/c1-10(11-2-4-12-5-3-11)13-6-8-14-9-7-13/h11-12H,2-9H2,1H3. The minimum absolute atomic E-state index is 0.814. The van der Waals surface area contributed by atoms with Gasteiger partial charge in [-0.05, 0) is 38.8 Å². The van der Waals surface area contributed by atoms with E-state index in [1.165, 1.54) is 25.9 Å². The fraction of sp³-hybridized carbons (Fsp3) is 0.909. The van der Waals surface area contributed by atoms with Crippen LogP contribution in [0, 0.1) is 12.0 Å². The molecule has 0 aromatic heterocycles. The quantitative estimate of drug-likeness (QED) is 0.711. The average Bonchev–Trinajstić information content (AvgIpc) is 2.30. The van der Waals surface area contributed by atoms with Gasteiger partial charge < -0.3 is 10.1 Å². The highest BCUT2D eigenvalue weighted by Gasteiger charge is 2.26. The molecule has 1 radical (unpaired) electrons. The van der Waals surface area contributed by atoms with Crippen LogP contribution in [-0.4, -0.2) is 44.3 Å². The Hall–Kier alpha value is -0.120. The van der Waals surface area contributed by atoms with Gasteiger partial charge in [0.2, 0.25) is 0 Å². The number of piperidine rings is 1. The molecule has 14 heavy (non-hydrogen) atoms. The van der Waals surface area contributed by atoms with Gasteiger partial charge in [-0.25, -0.2) is 0 Å². The van der Waals surface area contributed by atoms with Crippen molar-refractivity contribution in [2.75, 3.05) is 39.4 Å². The maximum Gasteiger partial charge on any atom is 0.0594 e. The van der Waals surface area contributed by atoms with Gasteiger partial charge in [-0.15, -0.1) is 0 Å². The first-order valence-electron chi connectivity index (χ1n) is 5.75. The van der Waals surface area contributed by atoms with Crippen LogP contribution in [0.1, 0.15) is 19.8 Å². The smallest absolute Gasteiger partial charge is 0.0594 e. The molecule has 0 aliphatic carbocycles. The second kappa shape index (κ2) is 5.10. The molecule has 0 amide bonds. The van der Waals surface area contributed by atoms with E-state index in [-0.39, 0.29) is 0 Å². The van der Waals surface area contributed by atoms with Crippen molar-refractivity contribution in [3.8, 4) is 0 Å². The Morgan fingerprint density at radius 2 is 1.86 bits per heavy atom. The monoisotopic (exact) mass is 197 g/mol. The summed E-state index contributed by atoms with van der Waals surface area (Å²) in [6.45, 7) is 8.68. The zero-order valence-corrected chi connectivity index (χ0v) is 9.09. The molecule has 0 bridgehead atoms. The van der Waals surface area contributed by atoms with Crippen LogP contribution in [0.4, 0.5) is 0 Å². The minimum atomic E-state index is 0.814. The summed E-state index contributed by atoms with van der Waals surface area (Å²) >= 11 is 0. The summed E-state index contributed by atoms with van der Waals surface area (Å²) < 4.78 is 5.37. The van der Waals surface area contributed by atoms with Gasteiger partial charge in [0.25, 0.3) is 0 Å². The van der Waals surface area contributed by atoms with E-state index < -0.39 is 0 Å². The van der Waals surface area contributed by atoms with Crippen LogP contribution in [0.15, 0.2) is 0 Å². The Morgan fingerprint density at radius 1 is 1.21 bits per heavy atom. The van der Waals surface area contributed by atoms with Crippen LogP contribution < -0.4 is 5.32 Å². The van der Waals surface area contributed by atoms with Gasteiger partial charge in [-0.2, -0.15) is 0 Å². The largest absolute Gasteiger partial charge is 0.379 e. The summed E-state index contributed by atoms with van der Waals surface area (Å²) in [6, 6.07) is 1.59. The third-order valence-corrected chi connectivity index (χ3v) is 3.44. The van der Waals surface area contributed by atoms with Gasteiger partial charge in [0.05, 0.1) is 13.2 Å². The fourth-order valence-corrected chi connectivity index (χ4v) is 2.41. The van der Waals surface area contributed by atoms with E-state index >= 15 is 0 Å². The number of nitrogens with one attached hydrogen (secondary N) is 1. The van der Waals surface area contributed by atoms with Gasteiger partial charge in [-0.3, -0.25) is 4.90 Å². The zero-order valence-electron chi connectivity index (χ0n) is 9.09. The molecular weight excluding hydrogens is 176 g/mol. The van der Waals surface area contributed by atoms with E-state index in [9.17, 15) is 0 Å². The van der Waals surface area contributed by atoms with Crippen molar-refractivity contribution in [1.29, 1.82) is 0 Å². The molecule has 2 fully saturated rings. The van der Waals surface area contributed by atoms with Gasteiger partial charge in [0.15, 0.2) is 0 Å². The molecule has 2 heterocycles. The molecule has 0 spiro atoms. The van der Waals surface area contributed by atoms with Crippen LogP contribution in [0.3, 0.4) is 0 Å². The molecule has 1 N–H and O–H groups in total. The van der Waals surface area contributed by atoms with Crippen molar-refractivity contribution in [1.82, 2.24) is 10.2 Å². The molecule has 3 heteroatoms. The first-order chi connectivity index (χ1) is 6.88. The lowest BCUT2D eigenvalue weighted by Crippen LogP contribution is -2.43. The SMILES string of the molecule is C[C](C1CCNCC1)N1CCOCC1. The number of morpholine rings is 1. The van der Waals surface area contributed by atoms with Crippen LogP contribution in [-0.2, 0) is 4.74 Å². The predicted molar refractivity (Wildman–Crippen MR) is 56.9 cm³/mol. The molecular formula is C11H21N2O. The molecule has 0 aromatic carbocycles. The fourth-order valence-electron chi connectivity index (χ4n) is 2.41. The molecule has 2 saturated heterocycles. The topological polar surface area (TPSA) is 24.5 Å². The summed E-state index contributed by atoms with van der Waals surface area (Å²) in [4.78, 5) is 2.51. The van der Waals surface area contributed by atoms with E-state index in [1.807, 2.05) is 0 Å². The minimum Gasteiger partial charge on any atom is -0.379 e. The van der Waals surface area contributed by atoms with Crippen LogP contribution in [0.2, 0.25) is 0 Å². The highest BCUT2D eigenvalue weighted by Crippen LogP contribution is 2.27. The van der Waals surface area contributed by atoms with Crippen LogP contribution in [0.25, 0.3) is 0 Å². The van der Waals surface area contributed by atoms with Crippen molar-refractivity contribution < 1.29 is 4.74 Å². The predicted octanol–water partition coefficient (Wildman–Crippen LogP) is 0.870. The second-order valence-corrected chi connectivity index (χ2v) is 4.27. The van der Waals surface area contributed by atoms with Crippen LogP contribution in [0.5, 0.6) is 0 Å². The molecule has 2 aliphatic heterocycles. The molecule has 0 unspecified atom stereocenters. The van der Waals surface area contributed by atoms with E-state index in [4.69, 9.17) is 4.74 Å². The van der Waals surface area contributed by atoms with E-state index in [1.54, 1.807) is 6.04 Å². The molecule has 3 nitrogen and oxygen atoms in total. The number of ether oxygens (including phenoxy) is 1. The van der Waals surface area contributed by atoms with E-state index in [2.05, 4.69) is 17.1 Å². The highest BCUT2D eigenvalue weighted by molar-refractivity contribution is 4.94. The molecule has 0 aromatic rings. The zero-order chi connectivity index (χ0) is 9.80. The lowest BCUT2D eigenvalue weighted by Gasteiger charge is -2.37. The van der Waals surface area contributed by atoms with Gasteiger partial charge in [-0.1, -0.05) is 0 Å². The Labute approximate surface area is 86.8 Å². The summed E-state index contributed by atoms with van der Waals surface area (Å²) in [7, 11) is 0. The Balaban J connectivity index is 1.82. The maximum atomic E-state index is 5.37. The lowest BCUT2D eigenvalue weighted by atomic mass is 9.90. The summed E-state index contributed by atoms with van der Waals surface area (Å²) in [6.07, 6.45) is 2.62. The molecule has 2 rings (SSSR count). The number of hydrogen-bond donors (Lipinski definition) is 1. The third-order valence-electron chi connectivity index (χ3n) is 3.44. The van der Waals surface area contributed by atoms with Crippen molar-refractivity contribution in [2.24, 2.45) is 5.92 Å². The normalized spacial score (nSPS) is 27.0. The Bertz CT molecular complexity index is 145. The molecule has 0 atom stereocenters. The van der Waals surface area contributed by atoms with E-state index in [0.717, 1.165) is 32.2 Å². The van der Waals surface area contributed by atoms with Crippen molar-refractivity contribution >= 4 is 0 Å². The first-order valence-corrected chi connectivity index (χ1v) is 5.75. The van der Waals surface area contributed by atoms with Crippen molar-refractivity contribution in [3.05, 3.63) is 6.04 Å². The average molecular weight is 197 g/mol. The summed E-state index contributed by atoms with van der Waals surface area (Å²) in [5.41, 5.74) is 0. The summed E-state index contributed by atoms with van der Waals surface area (Å²) in [5, 5.41) is 3.42. The van der Waals surface area contributed by atoms with Gasteiger partial charge >= 0.3 is 0 Å². The Morgan fingerprint density at radius 3 is 2.50 bits per heavy atom. The van der Waals surface area contributed by atoms with Crippen molar-refractivity contribution in [2.45, 2.75) is 19.8 Å². The maximum absolute atomic E-state index is 5.37. The number of nitrogens with zero attached hydrogens (tertiary/aromatic N) is 1. The van der Waals surface area contributed by atoms with Gasteiger partial charge in [0, 0.05) is 19.1 Å².